The fraction of sp³-hybridized carbons (Fsp3) is 0.273. The molecule has 0 unspecified atom stereocenters. The Bertz CT molecular complexity index is 380. The van der Waals surface area contributed by atoms with Crippen LogP contribution in [0.15, 0.2) is 29.4 Å². The van der Waals surface area contributed by atoms with E-state index < -0.39 is 0 Å². The Kier molecular flexibility index (Phi) is 5.56. The first kappa shape index (κ1) is 12.7. The predicted octanol–water partition coefficient (Wildman–Crippen LogP) is 1.93. The van der Waals surface area contributed by atoms with E-state index in [1.807, 2.05) is 24.3 Å². The fourth-order valence-corrected chi connectivity index (χ4v) is 1.22. The second-order valence-electron chi connectivity index (χ2n) is 3.00. The van der Waals surface area contributed by atoms with E-state index in [1.54, 1.807) is 6.21 Å². The van der Waals surface area contributed by atoms with Crippen LogP contribution in [0.5, 0.6) is 5.75 Å². The fourth-order valence-electron chi connectivity index (χ4n) is 1.06. The minimum atomic E-state index is -0.199. The number of alkyl halides is 1. The van der Waals surface area contributed by atoms with Crippen molar-refractivity contribution in [1.29, 1.82) is 0 Å². The van der Waals surface area contributed by atoms with Crippen molar-refractivity contribution in [3.63, 3.8) is 0 Å². The molecule has 0 atom stereocenters. The molecule has 0 heterocycles. The van der Waals surface area contributed by atoms with Gasteiger partial charge in [0.1, 0.15) is 5.75 Å². The number of halogens is 1. The van der Waals surface area contributed by atoms with Crippen LogP contribution in [-0.4, -0.2) is 24.1 Å². The number of hydrogen-bond donors (Lipinski definition) is 1. The number of ether oxygens (including phenoxy) is 1. The van der Waals surface area contributed by atoms with Gasteiger partial charge in [-0.3, -0.25) is 4.79 Å². The Hall–Kier alpha value is -1.36. The van der Waals surface area contributed by atoms with Crippen molar-refractivity contribution in [2.75, 3.05) is 11.9 Å². The van der Waals surface area contributed by atoms with Crippen molar-refractivity contribution in [3.05, 3.63) is 29.8 Å². The molecule has 1 aromatic rings. The Labute approximate surface area is 103 Å². The summed E-state index contributed by atoms with van der Waals surface area (Å²) < 4.78 is 5.49. The van der Waals surface area contributed by atoms with Gasteiger partial charge in [0.25, 0.3) is 0 Å². The van der Waals surface area contributed by atoms with Gasteiger partial charge in [-0.05, 0) is 12.1 Å². The molecule has 86 valence electrons. The summed E-state index contributed by atoms with van der Waals surface area (Å²) in [6, 6.07) is 7.50. The zero-order chi connectivity index (χ0) is 11.8. The van der Waals surface area contributed by atoms with Gasteiger partial charge in [-0.1, -0.05) is 28.1 Å². The lowest BCUT2D eigenvalue weighted by molar-refractivity contribution is -0.118. The van der Waals surface area contributed by atoms with Crippen molar-refractivity contribution in [1.82, 2.24) is 5.43 Å². The molecule has 0 saturated heterocycles. The molecule has 16 heavy (non-hydrogen) atoms. The lowest BCUT2D eigenvalue weighted by Crippen LogP contribution is -2.12. The van der Waals surface area contributed by atoms with Gasteiger partial charge in [0.15, 0.2) is 0 Å². The van der Waals surface area contributed by atoms with Gasteiger partial charge in [-0.2, -0.15) is 5.10 Å². The van der Waals surface area contributed by atoms with Gasteiger partial charge in [0.05, 0.1) is 12.8 Å². The third-order valence-corrected chi connectivity index (χ3v) is 2.00. The SMILES string of the molecule is CC(=O)N/N=C\c1ccccc1OCCBr. The number of amides is 1. The average molecular weight is 285 g/mol. The third-order valence-electron chi connectivity index (χ3n) is 1.68. The highest BCUT2D eigenvalue weighted by atomic mass is 79.9. The quantitative estimate of drug-likeness (QED) is 0.510. The maximum absolute atomic E-state index is 10.6. The second-order valence-corrected chi connectivity index (χ2v) is 3.79. The first-order chi connectivity index (χ1) is 7.74. The lowest BCUT2D eigenvalue weighted by atomic mass is 10.2. The van der Waals surface area contributed by atoms with Crippen LogP contribution in [0.2, 0.25) is 0 Å². The number of hydrazone groups is 1. The van der Waals surface area contributed by atoms with Gasteiger partial charge in [-0.25, -0.2) is 5.43 Å². The normalized spacial score (nSPS) is 10.4. The van der Waals surface area contributed by atoms with Gasteiger partial charge in [-0.15, -0.1) is 0 Å². The number of hydrogen-bond acceptors (Lipinski definition) is 3. The van der Waals surface area contributed by atoms with E-state index in [0.717, 1.165) is 16.6 Å². The number of para-hydroxylation sites is 1. The van der Waals surface area contributed by atoms with Crippen LogP contribution in [0.25, 0.3) is 0 Å². The van der Waals surface area contributed by atoms with Gasteiger partial charge in [0.2, 0.25) is 5.91 Å². The number of rotatable bonds is 5. The van der Waals surface area contributed by atoms with Crippen molar-refractivity contribution < 1.29 is 9.53 Å². The molecule has 0 aliphatic heterocycles. The van der Waals surface area contributed by atoms with Crippen LogP contribution in [-0.2, 0) is 4.79 Å². The van der Waals surface area contributed by atoms with Crippen LogP contribution in [0, 0.1) is 0 Å². The average Bonchev–Trinajstić information content (AvgIpc) is 2.27. The van der Waals surface area contributed by atoms with E-state index in [9.17, 15) is 4.79 Å². The van der Waals surface area contributed by atoms with Crippen LogP contribution in [0.3, 0.4) is 0 Å². The maximum Gasteiger partial charge on any atom is 0.236 e. The first-order valence-electron chi connectivity index (χ1n) is 4.81. The summed E-state index contributed by atoms with van der Waals surface area (Å²) >= 11 is 3.29. The monoisotopic (exact) mass is 284 g/mol. The van der Waals surface area contributed by atoms with E-state index in [1.165, 1.54) is 6.92 Å². The highest BCUT2D eigenvalue weighted by Gasteiger charge is 1.99. The topological polar surface area (TPSA) is 50.7 Å². The molecular weight excluding hydrogens is 272 g/mol. The molecule has 0 aliphatic carbocycles. The number of nitrogens with zero attached hydrogens (tertiary/aromatic N) is 1. The molecule has 0 radical (unpaired) electrons. The summed E-state index contributed by atoms with van der Waals surface area (Å²) in [6.45, 7) is 2.00. The zero-order valence-electron chi connectivity index (χ0n) is 8.94. The molecule has 0 spiro atoms. The van der Waals surface area contributed by atoms with E-state index in [-0.39, 0.29) is 5.91 Å². The van der Waals surface area contributed by atoms with Crippen molar-refractivity contribution in [2.24, 2.45) is 5.10 Å². The summed E-state index contributed by atoms with van der Waals surface area (Å²) in [4.78, 5) is 10.6. The molecule has 0 bridgehead atoms. The third kappa shape index (κ3) is 4.44. The standard InChI is InChI=1S/C11H13BrN2O2/c1-9(15)14-13-8-10-4-2-3-5-11(10)16-7-6-12/h2-5,8H,6-7H2,1H3,(H,14,15)/b13-8-. The van der Waals surface area contributed by atoms with E-state index in [4.69, 9.17) is 4.74 Å². The summed E-state index contributed by atoms with van der Waals surface area (Å²) in [7, 11) is 0. The highest BCUT2D eigenvalue weighted by Crippen LogP contribution is 2.15. The molecule has 1 amide bonds. The molecule has 4 nitrogen and oxygen atoms in total. The van der Waals surface area contributed by atoms with E-state index >= 15 is 0 Å². The molecule has 0 aliphatic rings. The Balaban J connectivity index is 2.70. The van der Waals surface area contributed by atoms with Gasteiger partial charge >= 0.3 is 0 Å². The summed E-state index contributed by atoms with van der Waals surface area (Å²) in [5.74, 6) is 0.547. The molecule has 1 rings (SSSR count). The Morgan fingerprint density at radius 2 is 2.31 bits per heavy atom. The van der Waals surface area contributed by atoms with Crippen molar-refractivity contribution in [3.8, 4) is 5.75 Å². The zero-order valence-corrected chi connectivity index (χ0v) is 10.5. The summed E-state index contributed by atoms with van der Waals surface area (Å²) in [5, 5.41) is 4.56. The molecule has 1 aromatic carbocycles. The summed E-state index contributed by atoms with van der Waals surface area (Å²) in [6.07, 6.45) is 1.56. The maximum atomic E-state index is 10.6. The van der Waals surface area contributed by atoms with E-state index in [2.05, 4.69) is 26.5 Å². The van der Waals surface area contributed by atoms with Crippen LogP contribution in [0.4, 0.5) is 0 Å². The highest BCUT2D eigenvalue weighted by molar-refractivity contribution is 9.09. The molecule has 0 aromatic heterocycles. The molecular formula is C11H13BrN2O2. The van der Waals surface area contributed by atoms with Gasteiger partial charge < -0.3 is 4.74 Å². The Morgan fingerprint density at radius 3 is 3.00 bits per heavy atom. The second kappa shape index (κ2) is 7.00. The molecule has 5 heteroatoms. The largest absolute Gasteiger partial charge is 0.492 e. The van der Waals surface area contributed by atoms with Crippen LogP contribution in [0.1, 0.15) is 12.5 Å². The van der Waals surface area contributed by atoms with Gasteiger partial charge in [0, 0.05) is 17.8 Å². The van der Waals surface area contributed by atoms with Crippen LogP contribution >= 0.6 is 15.9 Å². The number of benzene rings is 1. The minimum Gasteiger partial charge on any atom is -0.492 e. The molecule has 0 fully saturated rings. The molecule has 0 saturated carbocycles. The van der Waals surface area contributed by atoms with E-state index in [0.29, 0.717) is 6.61 Å². The Morgan fingerprint density at radius 1 is 1.56 bits per heavy atom. The number of carbonyl (C=O) groups is 1. The minimum absolute atomic E-state index is 0.199. The number of nitrogens with one attached hydrogen (secondary N) is 1. The number of carbonyl (C=O) groups excluding carboxylic acids is 1. The van der Waals surface area contributed by atoms with Crippen molar-refractivity contribution in [2.45, 2.75) is 6.92 Å². The molecule has 1 N–H and O–H groups in total. The smallest absolute Gasteiger partial charge is 0.236 e. The first-order valence-corrected chi connectivity index (χ1v) is 5.93. The van der Waals surface area contributed by atoms with Crippen molar-refractivity contribution >= 4 is 28.1 Å². The lowest BCUT2D eigenvalue weighted by Gasteiger charge is -2.06. The van der Waals surface area contributed by atoms with Crippen LogP contribution < -0.4 is 10.2 Å². The predicted molar refractivity (Wildman–Crippen MR) is 67.1 cm³/mol. The summed E-state index contributed by atoms with van der Waals surface area (Å²) in [5.41, 5.74) is 3.17.